The third-order valence-electron chi connectivity index (χ3n) is 4.74. The van der Waals surface area contributed by atoms with Crippen LogP contribution in [0.4, 0.5) is 11.4 Å². The molecule has 0 spiro atoms. The maximum Gasteiger partial charge on any atom is 0.337 e. The molecule has 1 saturated heterocycles. The highest BCUT2D eigenvalue weighted by molar-refractivity contribution is 5.98. The number of nitrogens with one attached hydrogen (secondary N) is 1. The highest BCUT2D eigenvalue weighted by Crippen LogP contribution is 2.29. The van der Waals surface area contributed by atoms with Gasteiger partial charge in [0.1, 0.15) is 0 Å². The van der Waals surface area contributed by atoms with Gasteiger partial charge >= 0.3 is 5.97 Å². The Morgan fingerprint density at radius 2 is 1.74 bits per heavy atom. The molecule has 6 nitrogen and oxygen atoms in total. The number of carbonyl (C=O) groups excluding carboxylic acids is 2. The number of carbonyl (C=O) groups is 2. The predicted octanol–water partition coefficient (Wildman–Crippen LogP) is 2.41. The van der Waals surface area contributed by atoms with E-state index in [2.05, 4.69) is 22.2 Å². The van der Waals surface area contributed by atoms with Gasteiger partial charge in [0.2, 0.25) is 5.91 Å². The minimum atomic E-state index is -0.418. The van der Waals surface area contributed by atoms with Gasteiger partial charge in [-0.3, -0.25) is 4.79 Å². The van der Waals surface area contributed by atoms with Crippen LogP contribution in [0, 0.1) is 0 Å². The number of rotatable bonds is 5. The zero-order chi connectivity index (χ0) is 19.2. The van der Waals surface area contributed by atoms with E-state index in [9.17, 15) is 9.59 Å². The molecule has 6 heteroatoms. The predicted molar refractivity (Wildman–Crippen MR) is 106 cm³/mol. The Kier molecular flexibility index (Phi) is 6.08. The number of amides is 1. The lowest BCUT2D eigenvalue weighted by molar-refractivity contribution is -0.115. The fourth-order valence-electron chi connectivity index (χ4n) is 3.18. The van der Waals surface area contributed by atoms with Crippen LogP contribution in [0.2, 0.25) is 0 Å². The number of likely N-dealkylation sites (N-methyl/N-ethyl adjacent to an activating group) is 1. The molecular formula is C21H25N3O3. The molecule has 0 aliphatic carbocycles. The number of anilines is 2. The van der Waals surface area contributed by atoms with Crippen LogP contribution in [0.1, 0.15) is 15.9 Å². The van der Waals surface area contributed by atoms with Crippen molar-refractivity contribution in [3.8, 4) is 0 Å². The molecule has 0 bridgehead atoms. The van der Waals surface area contributed by atoms with Crippen molar-refractivity contribution in [2.45, 2.75) is 6.42 Å². The Hall–Kier alpha value is -2.86. The van der Waals surface area contributed by atoms with Crippen molar-refractivity contribution in [1.82, 2.24) is 4.90 Å². The molecule has 1 aliphatic rings. The number of methoxy groups -OCH3 is 1. The van der Waals surface area contributed by atoms with Crippen LogP contribution >= 0.6 is 0 Å². The lowest BCUT2D eigenvalue weighted by Gasteiger charge is -2.35. The van der Waals surface area contributed by atoms with E-state index in [0.717, 1.165) is 37.4 Å². The summed E-state index contributed by atoms with van der Waals surface area (Å²) in [5.41, 5.74) is 2.94. The molecule has 2 aromatic rings. The summed E-state index contributed by atoms with van der Waals surface area (Å²) < 4.78 is 4.82. The highest BCUT2D eigenvalue weighted by atomic mass is 16.5. The van der Waals surface area contributed by atoms with Crippen LogP contribution in [0.3, 0.4) is 0 Å². The molecular weight excluding hydrogens is 342 g/mol. The van der Waals surface area contributed by atoms with Gasteiger partial charge in [-0.05, 0) is 30.8 Å². The molecule has 27 heavy (non-hydrogen) atoms. The summed E-state index contributed by atoms with van der Waals surface area (Å²) in [6.45, 7) is 3.65. The maximum atomic E-state index is 12.6. The molecule has 2 aromatic carbocycles. The Morgan fingerprint density at radius 1 is 1.04 bits per heavy atom. The number of nitrogens with zero attached hydrogens (tertiary/aromatic N) is 2. The minimum absolute atomic E-state index is 0.112. The van der Waals surface area contributed by atoms with Crippen molar-refractivity contribution in [3.63, 3.8) is 0 Å². The summed E-state index contributed by atoms with van der Waals surface area (Å²) in [5, 5.41) is 2.98. The van der Waals surface area contributed by atoms with E-state index in [1.165, 1.54) is 7.11 Å². The van der Waals surface area contributed by atoms with Crippen molar-refractivity contribution in [2.24, 2.45) is 0 Å². The fraction of sp³-hybridized carbons (Fsp3) is 0.333. The zero-order valence-corrected chi connectivity index (χ0v) is 15.8. The van der Waals surface area contributed by atoms with Gasteiger partial charge in [-0.25, -0.2) is 4.79 Å². The van der Waals surface area contributed by atoms with Crippen LogP contribution in [0.25, 0.3) is 0 Å². The molecule has 142 valence electrons. The summed E-state index contributed by atoms with van der Waals surface area (Å²) >= 11 is 0. The van der Waals surface area contributed by atoms with Crippen LogP contribution in [0.15, 0.2) is 48.5 Å². The average molecular weight is 367 g/mol. The number of esters is 1. The van der Waals surface area contributed by atoms with Gasteiger partial charge in [0.15, 0.2) is 0 Å². The molecule has 1 aliphatic heterocycles. The first-order chi connectivity index (χ1) is 13.1. The summed E-state index contributed by atoms with van der Waals surface area (Å²) in [5.74, 6) is -0.530. The van der Waals surface area contributed by atoms with Gasteiger partial charge in [-0.1, -0.05) is 30.3 Å². The molecule has 0 aromatic heterocycles. The van der Waals surface area contributed by atoms with E-state index in [1.54, 1.807) is 12.1 Å². The Labute approximate surface area is 159 Å². The van der Waals surface area contributed by atoms with E-state index in [0.29, 0.717) is 11.3 Å². The molecule has 1 amide bonds. The number of benzene rings is 2. The molecule has 1 heterocycles. The van der Waals surface area contributed by atoms with Gasteiger partial charge in [0.25, 0.3) is 0 Å². The SMILES string of the molecule is COC(=O)c1ccc(N2CCN(C)CC2)c(NC(=O)Cc2ccccc2)c1. The first-order valence-electron chi connectivity index (χ1n) is 9.06. The Balaban J connectivity index is 1.83. The van der Waals surface area contributed by atoms with E-state index in [4.69, 9.17) is 4.74 Å². The second-order valence-electron chi connectivity index (χ2n) is 6.72. The quantitative estimate of drug-likeness (QED) is 0.823. The van der Waals surface area contributed by atoms with Crippen molar-refractivity contribution in [3.05, 3.63) is 59.7 Å². The number of hydrogen-bond acceptors (Lipinski definition) is 5. The molecule has 0 radical (unpaired) electrons. The number of hydrogen-bond donors (Lipinski definition) is 1. The largest absolute Gasteiger partial charge is 0.465 e. The van der Waals surface area contributed by atoms with Crippen LogP contribution in [-0.2, 0) is 16.0 Å². The fourth-order valence-corrected chi connectivity index (χ4v) is 3.18. The van der Waals surface area contributed by atoms with E-state index in [1.807, 2.05) is 36.4 Å². The van der Waals surface area contributed by atoms with Crippen molar-refractivity contribution in [2.75, 3.05) is 50.6 Å². The first-order valence-corrected chi connectivity index (χ1v) is 9.06. The number of piperazine rings is 1. The Bertz CT molecular complexity index is 800. The monoisotopic (exact) mass is 367 g/mol. The first kappa shape index (κ1) is 18.9. The van der Waals surface area contributed by atoms with Crippen LogP contribution < -0.4 is 10.2 Å². The average Bonchev–Trinajstić information content (AvgIpc) is 2.69. The normalized spacial score (nSPS) is 14.7. The summed E-state index contributed by atoms with van der Waals surface area (Å²) in [4.78, 5) is 29.0. The highest BCUT2D eigenvalue weighted by Gasteiger charge is 2.20. The van der Waals surface area contributed by atoms with E-state index >= 15 is 0 Å². The smallest absolute Gasteiger partial charge is 0.337 e. The van der Waals surface area contributed by atoms with Gasteiger partial charge in [0.05, 0.1) is 30.5 Å². The van der Waals surface area contributed by atoms with Gasteiger partial charge in [0, 0.05) is 26.2 Å². The molecule has 0 atom stereocenters. The van der Waals surface area contributed by atoms with Crippen LogP contribution in [-0.4, -0.2) is 57.1 Å². The summed E-state index contributed by atoms with van der Waals surface area (Å²) in [7, 11) is 3.45. The van der Waals surface area contributed by atoms with Gasteiger partial charge in [-0.15, -0.1) is 0 Å². The van der Waals surface area contributed by atoms with Crippen molar-refractivity contribution < 1.29 is 14.3 Å². The van der Waals surface area contributed by atoms with Gasteiger partial charge < -0.3 is 19.9 Å². The Morgan fingerprint density at radius 3 is 2.41 bits per heavy atom. The standard InChI is InChI=1S/C21H25N3O3/c1-23-10-12-24(13-11-23)19-9-8-17(21(26)27-2)15-18(19)22-20(25)14-16-6-4-3-5-7-16/h3-9,15H,10-14H2,1-2H3,(H,22,25). The molecule has 1 fully saturated rings. The summed E-state index contributed by atoms with van der Waals surface area (Å²) in [6, 6.07) is 14.9. The van der Waals surface area contributed by atoms with E-state index in [-0.39, 0.29) is 12.3 Å². The molecule has 0 unspecified atom stereocenters. The zero-order valence-electron chi connectivity index (χ0n) is 15.8. The minimum Gasteiger partial charge on any atom is -0.465 e. The molecule has 3 rings (SSSR count). The lowest BCUT2D eigenvalue weighted by atomic mass is 10.1. The van der Waals surface area contributed by atoms with Crippen LogP contribution in [0.5, 0.6) is 0 Å². The van der Waals surface area contributed by atoms with E-state index < -0.39 is 5.97 Å². The van der Waals surface area contributed by atoms with Crippen molar-refractivity contribution in [1.29, 1.82) is 0 Å². The lowest BCUT2D eigenvalue weighted by Crippen LogP contribution is -2.44. The second-order valence-corrected chi connectivity index (χ2v) is 6.72. The summed E-state index contributed by atoms with van der Waals surface area (Å²) in [6.07, 6.45) is 0.283. The third kappa shape index (κ3) is 4.86. The maximum absolute atomic E-state index is 12.6. The van der Waals surface area contributed by atoms with Crippen molar-refractivity contribution >= 4 is 23.3 Å². The number of ether oxygens (including phenoxy) is 1. The van der Waals surface area contributed by atoms with Gasteiger partial charge in [-0.2, -0.15) is 0 Å². The molecule has 1 N–H and O–H groups in total. The second kappa shape index (κ2) is 8.68. The third-order valence-corrected chi connectivity index (χ3v) is 4.74. The molecule has 0 saturated carbocycles. The topological polar surface area (TPSA) is 61.9 Å².